The topological polar surface area (TPSA) is 88.9 Å². The molecule has 2 aromatic rings. The minimum atomic E-state index is -0.148. The van der Waals surface area contributed by atoms with E-state index in [1.165, 1.54) is 0 Å². The maximum absolute atomic E-state index is 12.1. The van der Waals surface area contributed by atoms with Gasteiger partial charge in [-0.25, -0.2) is 9.67 Å². The van der Waals surface area contributed by atoms with Crippen LogP contribution in [0.3, 0.4) is 0 Å². The number of carbonyl (C=O) groups excluding carboxylic acids is 2. The second-order valence-electron chi connectivity index (χ2n) is 5.23. The zero-order chi connectivity index (χ0) is 15.4. The fourth-order valence-corrected chi connectivity index (χ4v) is 2.39. The summed E-state index contributed by atoms with van der Waals surface area (Å²) in [5.41, 5.74) is 0.952. The Balaban J connectivity index is 1.58. The molecule has 0 bridgehead atoms. The van der Waals surface area contributed by atoms with Crippen LogP contribution in [0.5, 0.6) is 0 Å². The largest absolute Gasteiger partial charge is 0.355 e. The number of amides is 2. The van der Waals surface area contributed by atoms with Crippen LogP contribution < -0.4 is 10.6 Å². The summed E-state index contributed by atoms with van der Waals surface area (Å²) in [7, 11) is 0. The van der Waals surface area contributed by atoms with Crippen molar-refractivity contribution in [2.75, 3.05) is 6.54 Å². The fourth-order valence-electron chi connectivity index (χ4n) is 2.39. The standard InChI is InChI=1S/C15H17N5O2/c21-14-3-2-12(10-17-14)15(22)18-9-11-4-6-16-13(8-11)20-7-1-5-19-20/h1,4-8,12H,2-3,9-10H2,(H,17,21)(H,18,22). The third-order valence-corrected chi connectivity index (χ3v) is 3.65. The lowest BCUT2D eigenvalue weighted by atomic mass is 9.98. The molecule has 1 unspecified atom stereocenters. The molecule has 3 heterocycles. The van der Waals surface area contributed by atoms with Crippen LogP contribution in [-0.4, -0.2) is 33.1 Å². The van der Waals surface area contributed by atoms with Crippen molar-refractivity contribution in [3.63, 3.8) is 0 Å². The van der Waals surface area contributed by atoms with Crippen molar-refractivity contribution in [1.82, 2.24) is 25.4 Å². The van der Waals surface area contributed by atoms with Gasteiger partial charge in [0.1, 0.15) is 0 Å². The molecule has 0 spiro atoms. The van der Waals surface area contributed by atoms with Gasteiger partial charge in [-0.3, -0.25) is 9.59 Å². The second kappa shape index (κ2) is 6.38. The van der Waals surface area contributed by atoms with Gasteiger partial charge in [-0.2, -0.15) is 5.10 Å². The lowest BCUT2D eigenvalue weighted by Crippen LogP contribution is -2.42. The van der Waals surface area contributed by atoms with E-state index in [0.717, 1.165) is 5.56 Å². The van der Waals surface area contributed by atoms with E-state index < -0.39 is 0 Å². The van der Waals surface area contributed by atoms with Crippen LogP contribution >= 0.6 is 0 Å². The van der Waals surface area contributed by atoms with Gasteiger partial charge >= 0.3 is 0 Å². The summed E-state index contributed by atoms with van der Waals surface area (Å²) in [6.45, 7) is 0.847. The van der Waals surface area contributed by atoms with Gasteiger partial charge in [0.15, 0.2) is 5.82 Å². The average Bonchev–Trinajstić information content (AvgIpc) is 3.08. The number of pyridine rings is 1. The molecule has 1 saturated heterocycles. The molecule has 3 rings (SSSR count). The van der Waals surface area contributed by atoms with E-state index >= 15 is 0 Å². The number of piperidine rings is 1. The summed E-state index contributed by atoms with van der Waals surface area (Å²) < 4.78 is 1.67. The molecule has 2 aromatic heterocycles. The first-order chi connectivity index (χ1) is 10.7. The molecule has 2 amide bonds. The van der Waals surface area contributed by atoms with E-state index in [1.807, 2.05) is 24.4 Å². The molecule has 7 heteroatoms. The first-order valence-electron chi connectivity index (χ1n) is 7.22. The van der Waals surface area contributed by atoms with E-state index in [4.69, 9.17) is 0 Å². The number of rotatable bonds is 4. The lowest BCUT2D eigenvalue weighted by molar-refractivity contribution is -0.129. The molecular weight excluding hydrogens is 282 g/mol. The first-order valence-corrected chi connectivity index (χ1v) is 7.22. The van der Waals surface area contributed by atoms with Gasteiger partial charge < -0.3 is 10.6 Å². The van der Waals surface area contributed by atoms with E-state index in [9.17, 15) is 9.59 Å². The van der Waals surface area contributed by atoms with Crippen LogP contribution in [0.15, 0.2) is 36.8 Å². The number of nitrogens with zero attached hydrogens (tertiary/aromatic N) is 3. The van der Waals surface area contributed by atoms with Gasteiger partial charge in [-0.15, -0.1) is 0 Å². The molecular formula is C15H17N5O2. The Morgan fingerprint density at radius 3 is 3.09 bits per heavy atom. The van der Waals surface area contributed by atoms with Crippen molar-refractivity contribution in [2.45, 2.75) is 19.4 Å². The van der Waals surface area contributed by atoms with Crippen LogP contribution in [0.2, 0.25) is 0 Å². The lowest BCUT2D eigenvalue weighted by Gasteiger charge is -2.21. The summed E-state index contributed by atoms with van der Waals surface area (Å²) in [6.07, 6.45) is 6.21. The van der Waals surface area contributed by atoms with E-state index in [0.29, 0.717) is 31.7 Å². The van der Waals surface area contributed by atoms with Crippen LogP contribution in [0.25, 0.3) is 5.82 Å². The molecule has 1 aliphatic rings. The molecule has 1 atom stereocenters. The normalized spacial score (nSPS) is 17.8. The molecule has 0 radical (unpaired) electrons. The Hall–Kier alpha value is -2.70. The third kappa shape index (κ3) is 3.30. The summed E-state index contributed by atoms with van der Waals surface area (Å²) >= 11 is 0. The molecule has 2 N–H and O–H groups in total. The molecule has 22 heavy (non-hydrogen) atoms. The van der Waals surface area contributed by atoms with Gasteiger partial charge in [0.2, 0.25) is 11.8 Å². The summed E-state index contributed by atoms with van der Waals surface area (Å²) in [5.74, 6) is 0.548. The summed E-state index contributed by atoms with van der Waals surface area (Å²) in [6, 6.07) is 5.57. The van der Waals surface area contributed by atoms with Crippen LogP contribution in [0.4, 0.5) is 0 Å². The highest BCUT2D eigenvalue weighted by molar-refractivity contribution is 5.83. The number of aromatic nitrogens is 3. The molecule has 1 aliphatic heterocycles. The van der Waals surface area contributed by atoms with Crippen molar-refractivity contribution in [1.29, 1.82) is 0 Å². The quantitative estimate of drug-likeness (QED) is 0.856. The molecule has 0 aromatic carbocycles. The molecule has 7 nitrogen and oxygen atoms in total. The van der Waals surface area contributed by atoms with E-state index in [2.05, 4.69) is 20.7 Å². The van der Waals surface area contributed by atoms with E-state index in [-0.39, 0.29) is 17.7 Å². The van der Waals surface area contributed by atoms with Crippen molar-refractivity contribution >= 4 is 11.8 Å². The number of carbonyl (C=O) groups is 2. The monoisotopic (exact) mass is 299 g/mol. The van der Waals surface area contributed by atoms with Crippen LogP contribution in [0, 0.1) is 5.92 Å². The molecule has 0 saturated carbocycles. The highest BCUT2D eigenvalue weighted by atomic mass is 16.2. The Kier molecular flexibility index (Phi) is 4.13. The summed E-state index contributed by atoms with van der Waals surface area (Å²) in [4.78, 5) is 27.4. The SMILES string of the molecule is O=C1CCC(C(=O)NCc2ccnc(-n3cccn3)c2)CN1. The molecule has 114 valence electrons. The number of hydrogen-bond acceptors (Lipinski definition) is 4. The predicted octanol–water partition coefficient (Wildman–Crippen LogP) is 0.410. The van der Waals surface area contributed by atoms with Gasteiger partial charge in [0, 0.05) is 38.1 Å². The van der Waals surface area contributed by atoms with Gasteiger partial charge in [0.05, 0.1) is 5.92 Å². The Bertz CT molecular complexity index is 658. The Morgan fingerprint density at radius 1 is 1.45 bits per heavy atom. The third-order valence-electron chi connectivity index (χ3n) is 3.65. The van der Waals surface area contributed by atoms with Crippen LogP contribution in [0.1, 0.15) is 18.4 Å². The maximum atomic E-state index is 12.1. The van der Waals surface area contributed by atoms with Crippen LogP contribution in [-0.2, 0) is 16.1 Å². The number of nitrogens with one attached hydrogen (secondary N) is 2. The first kappa shape index (κ1) is 14.2. The molecule has 1 fully saturated rings. The summed E-state index contributed by atoms with van der Waals surface area (Å²) in [5, 5.41) is 9.76. The predicted molar refractivity (Wildman–Crippen MR) is 78.9 cm³/mol. The van der Waals surface area contributed by atoms with Crippen molar-refractivity contribution in [3.05, 3.63) is 42.4 Å². The van der Waals surface area contributed by atoms with Gasteiger partial charge in [-0.05, 0) is 30.2 Å². The Labute approximate surface area is 127 Å². The zero-order valence-corrected chi connectivity index (χ0v) is 12.0. The van der Waals surface area contributed by atoms with Crippen molar-refractivity contribution in [3.8, 4) is 5.82 Å². The Morgan fingerprint density at radius 2 is 2.36 bits per heavy atom. The smallest absolute Gasteiger partial charge is 0.225 e. The average molecular weight is 299 g/mol. The minimum absolute atomic E-state index is 0.0158. The highest BCUT2D eigenvalue weighted by Gasteiger charge is 2.23. The molecule has 0 aliphatic carbocycles. The minimum Gasteiger partial charge on any atom is -0.355 e. The van der Waals surface area contributed by atoms with Gasteiger partial charge in [-0.1, -0.05) is 0 Å². The van der Waals surface area contributed by atoms with Crippen molar-refractivity contribution < 1.29 is 9.59 Å². The van der Waals surface area contributed by atoms with Gasteiger partial charge in [0.25, 0.3) is 0 Å². The zero-order valence-electron chi connectivity index (χ0n) is 12.0. The highest BCUT2D eigenvalue weighted by Crippen LogP contribution is 2.11. The number of hydrogen-bond donors (Lipinski definition) is 2. The van der Waals surface area contributed by atoms with Crippen molar-refractivity contribution in [2.24, 2.45) is 5.92 Å². The maximum Gasteiger partial charge on any atom is 0.225 e. The van der Waals surface area contributed by atoms with E-state index in [1.54, 1.807) is 17.1 Å². The fraction of sp³-hybridized carbons (Fsp3) is 0.333. The second-order valence-corrected chi connectivity index (χ2v) is 5.23.